The van der Waals surface area contributed by atoms with Gasteiger partial charge in [-0.25, -0.2) is 9.97 Å². The fraction of sp³-hybridized carbons (Fsp3) is 0.409. The van der Waals surface area contributed by atoms with Crippen molar-refractivity contribution in [3.63, 3.8) is 0 Å². The molecule has 10 heteroatoms. The Bertz CT molecular complexity index is 1230. The van der Waals surface area contributed by atoms with Crippen molar-refractivity contribution in [2.24, 2.45) is 0 Å². The number of hydrogen-bond acceptors (Lipinski definition) is 6. The van der Waals surface area contributed by atoms with Gasteiger partial charge in [-0.2, -0.15) is 13.2 Å². The van der Waals surface area contributed by atoms with Crippen molar-refractivity contribution >= 4 is 16.7 Å². The lowest BCUT2D eigenvalue weighted by molar-refractivity contribution is -0.138. The fourth-order valence-corrected chi connectivity index (χ4v) is 4.06. The third kappa shape index (κ3) is 3.95. The number of halogens is 3. The number of alkyl halides is 3. The lowest BCUT2D eigenvalue weighted by Gasteiger charge is -2.26. The van der Waals surface area contributed by atoms with E-state index < -0.39 is 23.5 Å². The lowest BCUT2D eigenvalue weighted by Crippen LogP contribution is -2.38. The number of aliphatic hydroxyl groups is 1. The average molecular weight is 448 g/mol. The molecule has 170 valence electrons. The highest BCUT2D eigenvalue weighted by atomic mass is 19.4. The summed E-state index contributed by atoms with van der Waals surface area (Å²) < 4.78 is 46.9. The van der Waals surface area contributed by atoms with Gasteiger partial charge in [-0.05, 0) is 38.8 Å². The van der Waals surface area contributed by atoms with Crippen LogP contribution in [0.1, 0.15) is 42.1 Å². The predicted molar refractivity (Wildman–Crippen MR) is 112 cm³/mol. The number of aliphatic hydroxyl groups excluding tert-OH is 1. The van der Waals surface area contributed by atoms with Crippen molar-refractivity contribution in [2.45, 2.75) is 45.1 Å². The van der Waals surface area contributed by atoms with E-state index in [9.17, 15) is 23.1 Å². The standard InChI is InChI=1S/C22H23F3N4O3/c1-12-14(5-4-6-16(12)22(23,24)25)20(31)28-19-15-10-29(21(3)7-8-32-11-21)18(30)9-17(15)26-13(2)27-19/h4-6,9-10,20,31H,7-8,11H2,1-3H3,(H,26,27,28). The molecule has 1 saturated heterocycles. The van der Waals surface area contributed by atoms with Crippen molar-refractivity contribution in [3.8, 4) is 0 Å². The van der Waals surface area contributed by atoms with E-state index in [1.165, 1.54) is 25.1 Å². The Hall–Kier alpha value is -2.98. The second kappa shape index (κ2) is 7.86. The van der Waals surface area contributed by atoms with E-state index in [4.69, 9.17) is 4.74 Å². The van der Waals surface area contributed by atoms with Gasteiger partial charge < -0.3 is 19.7 Å². The van der Waals surface area contributed by atoms with Gasteiger partial charge in [0.15, 0.2) is 6.23 Å². The van der Waals surface area contributed by atoms with Crippen LogP contribution in [-0.4, -0.2) is 32.9 Å². The zero-order chi connectivity index (χ0) is 23.3. The van der Waals surface area contributed by atoms with Gasteiger partial charge in [0.1, 0.15) is 11.6 Å². The molecule has 32 heavy (non-hydrogen) atoms. The molecule has 0 spiro atoms. The molecule has 2 aromatic heterocycles. The number of nitrogens with one attached hydrogen (secondary N) is 1. The highest BCUT2D eigenvalue weighted by Gasteiger charge is 2.34. The molecule has 1 aliphatic heterocycles. The van der Waals surface area contributed by atoms with Gasteiger partial charge in [0, 0.05) is 24.4 Å². The zero-order valence-corrected chi connectivity index (χ0v) is 17.8. The summed E-state index contributed by atoms with van der Waals surface area (Å²) in [7, 11) is 0. The molecule has 0 aliphatic carbocycles. The summed E-state index contributed by atoms with van der Waals surface area (Å²) in [5.74, 6) is 0.564. The summed E-state index contributed by atoms with van der Waals surface area (Å²) in [4.78, 5) is 21.4. The zero-order valence-electron chi connectivity index (χ0n) is 17.8. The van der Waals surface area contributed by atoms with E-state index in [1.54, 1.807) is 17.7 Å². The molecule has 1 fully saturated rings. The largest absolute Gasteiger partial charge is 0.416 e. The molecule has 1 aromatic carbocycles. The molecule has 4 rings (SSSR count). The van der Waals surface area contributed by atoms with E-state index in [0.29, 0.717) is 36.4 Å². The first kappa shape index (κ1) is 22.2. The van der Waals surface area contributed by atoms with Crippen LogP contribution in [0.3, 0.4) is 0 Å². The Balaban J connectivity index is 1.79. The molecule has 2 atom stereocenters. The van der Waals surface area contributed by atoms with Crippen LogP contribution in [0, 0.1) is 13.8 Å². The summed E-state index contributed by atoms with van der Waals surface area (Å²) in [6, 6.07) is 5.03. The van der Waals surface area contributed by atoms with E-state index in [1.807, 2.05) is 6.92 Å². The summed E-state index contributed by atoms with van der Waals surface area (Å²) in [5, 5.41) is 14.0. The molecule has 0 radical (unpaired) electrons. The highest BCUT2D eigenvalue weighted by molar-refractivity contribution is 5.88. The number of benzene rings is 1. The summed E-state index contributed by atoms with van der Waals surface area (Å²) in [5.41, 5.74) is -1.23. The first-order valence-corrected chi connectivity index (χ1v) is 10.1. The Morgan fingerprint density at radius 3 is 2.69 bits per heavy atom. The predicted octanol–water partition coefficient (Wildman–Crippen LogP) is 3.67. The van der Waals surface area contributed by atoms with E-state index in [2.05, 4.69) is 15.3 Å². The first-order valence-electron chi connectivity index (χ1n) is 10.1. The van der Waals surface area contributed by atoms with Gasteiger partial charge >= 0.3 is 6.18 Å². The van der Waals surface area contributed by atoms with Gasteiger partial charge in [0.05, 0.1) is 28.6 Å². The molecule has 3 heterocycles. The van der Waals surface area contributed by atoms with Crippen LogP contribution < -0.4 is 10.9 Å². The first-order chi connectivity index (χ1) is 15.0. The summed E-state index contributed by atoms with van der Waals surface area (Å²) in [6.45, 7) is 5.76. The maximum atomic E-state index is 13.3. The maximum Gasteiger partial charge on any atom is 0.416 e. The molecule has 7 nitrogen and oxygen atoms in total. The topological polar surface area (TPSA) is 89.3 Å². The van der Waals surface area contributed by atoms with Gasteiger partial charge in [-0.15, -0.1) is 0 Å². The van der Waals surface area contributed by atoms with Crippen LogP contribution in [0.5, 0.6) is 0 Å². The van der Waals surface area contributed by atoms with Gasteiger partial charge in [-0.1, -0.05) is 12.1 Å². The number of fused-ring (bicyclic) bond motifs is 1. The normalized spacial score (nSPS) is 20.0. The molecule has 3 aromatic rings. The molecular formula is C22H23F3N4O3. The van der Waals surface area contributed by atoms with Gasteiger partial charge in [0.25, 0.3) is 5.56 Å². The van der Waals surface area contributed by atoms with Crippen molar-refractivity contribution < 1.29 is 23.0 Å². The van der Waals surface area contributed by atoms with Crippen molar-refractivity contribution in [3.05, 3.63) is 63.3 Å². The molecule has 0 saturated carbocycles. The van der Waals surface area contributed by atoms with E-state index in [0.717, 1.165) is 6.07 Å². The number of ether oxygens (including phenoxy) is 1. The second-order valence-corrected chi connectivity index (χ2v) is 8.26. The van der Waals surface area contributed by atoms with Crippen LogP contribution in [0.15, 0.2) is 35.3 Å². The van der Waals surface area contributed by atoms with Crippen LogP contribution in [0.2, 0.25) is 0 Å². The third-order valence-electron chi connectivity index (χ3n) is 5.87. The molecule has 1 aliphatic rings. The van der Waals surface area contributed by atoms with Crippen molar-refractivity contribution in [2.75, 3.05) is 18.5 Å². The molecule has 0 bridgehead atoms. The monoisotopic (exact) mass is 448 g/mol. The number of rotatable bonds is 4. The number of pyridine rings is 1. The number of aryl methyl sites for hydroxylation is 1. The smallest absolute Gasteiger partial charge is 0.379 e. The number of nitrogens with zero attached hydrogens (tertiary/aromatic N) is 3. The SMILES string of the molecule is Cc1nc(NC(O)c2cccc(C(F)(F)F)c2C)c2cn(C3(C)CCOC3)c(=O)cc2n1. The molecule has 2 N–H and O–H groups in total. The van der Waals surface area contributed by atoms with Crippen molar-refractivity contribution in [1.82, 2.24) is 14.5 Å². The minimum atomic E-state index is -4.53. The van der Waals surface area contributed by atoms with E-state index in [-0.39, 0.29) is 22.5 Å². The minimum Gasteiger partial charge on any atom is -0.379 e. The number of aromatic nitrogens is 3. The van der Waals surface area contributed by atoms with Crippen LogP contribution >= 0.6 is 0 Å². The number of anilines is 1. The van der Waals surface area contributed by atoms with Crippen LogP contribution in [-0.2, 0) is 16.5 Å². The Labute approximate surface area is 181 Å². The Kier molecular flexibility index (Phi) is 5.46. The van der Waals surface area contributed by atoms with Crippen molar-refractivity contribution in [1.29, 1.82) is 0 Å². The molecule has 0 amide bonds. The average Bonchev–Trinajstić information content (AvgIpc) is 3.13. The lowest BCUT2D eigenvalue weighted by atomic mass is 10.0. The molecule has 2 unspecified atom stereocenters. The molecular weight excluding hydrogens is 425 g/mol. The van der Waals surface area contributed by atoms with Crippen LogP contribution in [0.4, 0.5) is 19.0 Å². The van der Waals surface area contributed by atoms with Gasteiger partial charge in [-0.3, -0.25) is 4.79 Å². The summed E-state index contributed by atoms with van der Waals surface area (Å²) >= 11 is 0. The van der Waals surface area contributed by atoms with Crippen LogP contribution in [0.25, 0.3) is 10.9 Å². The highest BCUT2D eigenvalue weighted by Crippen LogP contribution is 2.35. The Morgan fingerprint density at radius 2 is 2.03 bits per heavy atom. The van der Waals surface area contributed by atoms with Gasteiger partial charge in [0.2, 0.25) is 0 Å². The third-order valence-corrected chi connectivity index (χ3v) is 5.87. The quantitative estimate of drug-likeness (QED) is 0.592. The number of hydrogen-bond donors (Lipinski definition) is 2. The van der Waals surface area contributed by atoms with E-state index >= 15 is 0 Å². The minimum absolute atomic E-state index is 0.0775. The fourth-order valence-electron chi connectivity index (χ4n) is 4.06. The maximum absolute atomic E-state index is 13.3. The summed E-state index contributed by atoms with van der Waals surface area (Å²) in [6.07, 6.45) is -3.73. The Morgan fingerprint density at radius 1 is 1.28 bits per heavy atom. The second-order valence-electron chi connectivity index (χ2n) is 8.26.